The molecule has 0 fully saturated rings. The maximum absolute atomic E-state index is 5.73. The summed E-state index contributed by atoms with van der Waals surface area (Å²) in [7, 11) is 5.73. The molecule has 68 valence electrons. The van der Waals surface area contributed by atoms with E-state index in [0.717, 1.165) is 11.1 Å². The van der Waals surface area contributed by atoms with Gasteiger partial charge in [-0.05, 0) is 0 Å². The van der Waals surface area contributed by atoms with Crippen LogP contribution in [0.2, 0.25) is 0 Å². The van der Waals surface area contributed by atoms with Gasteiger partial charge in [0.05, 0.1) is 7.85 Å². The molecule has 0 aliphatic carbocycles. The van der Waals surface area contributed by atoms with Gasteiger partial charge in [-0.25, -0.2) is 0 Å². The van der Waals surface area contributed by atoms with Crippen molar-refractivity contribution >= 4 is 7.85 Å². The van der Waals surface area contributed by atoms with Crippen LogP contribution in [0.15, 0.2) is 35.2 Å². The van der Waals surface area contributed by atoms with Crippen LogP contribution in [0.4, 0.5) is 0 Å². The maximum atomic E-state index is 5.73. The van der Waals surface area contributed by atoms with Crippen molar-refractivity contribution in [2.75, 3.05) is 0 Å². The monoisotopic (exact) mass is 184 g/mol. The molecule has 14 heavy (non-hydrogen) atoms. The Morgan fingerprint density at radius 1 is 1.29 bits per heavy atom. The normalized spacial score (nSPS) is 12.6. The zero-order valence-corrected chi connectivity index (χ0v) is 7.84. The summed E-state index contributed by atoms with van der Waals surface area (Å²) in [5, 5.41) is 3.74. The van der Waals surface area contributed by atoms with Crippen molar-refractivity contribution in [2.24, 2.45) is 0 Å². The van der Waals surface area contributed by atoms with Crippen LogP contribution < -0.4 is 0 Å². The van der Waals surface area contributed by atoms with Crippen molar-refractivity contribution in [3.05, 3.63) is 36.2 Å². The lowest BCUT2D eigenvalue weighted by Gasteiger charge is -2.04. The predicted molar refractivity (Wildman–Crippen MR) is 53.9 cm³/mol. The van der Waals surface area contributed by atoms with Crippen LogP contribution in [0, 0.1) is 0 Å². The number of hydrogen-bond donors (Lipinski definition) is 0. The molecule has 1 heterocycles. The highest BCUT2D eigenvalue weighted by atomic mass is 16.5. The summed E-state index contributed by atoms with van der Waals surface area (Å²) < 4.78 is 4.66. The first-order valence-corrected chi connectivity index (χ1v) is 4.39. The van der Waals surface area contributed by atoms with Crippen LogP contribution in [0.1, 0.15) is 18.3 Å². The third kappa shape index (κ3) is 1.69. The minimum absolute atomic E-state index is 0.0503. The Balaban J connectivity index is 2.31. The third-order valence-corrected chi connectivity index (χ3v) is 2.06. The SMILES string of the molecule is [B]C(C)c1ccc(-c2ncon2)cc1. The van der Waals surface area contributed by atoms with Gasteiger partial charge in [0.25, 0.3) is 0 Å². The molecule has 1 aromatic carbocycles. The van der Waals surface area contributed by atoms with E-state index in [1.807, 2.05) is 31.2 Å². The van der Waals surface area contributed by atoms with Crippen LogP contribution in [0.25, 0.3) is 11.4 Å². The number of nitrogens with zero attached hydrogens (tertiary/aromatic N) is 2. The number of benzene rings is 1. The highest BCUT2D eigenvalue weighted by molar-refractivity contribution is 6.12. The second-order valence-corrected chi connectivity index (χ2v) is 3.17. The number of rotatable bonds is 2. The van der Waals surface area contributed by atoms with Gasteiger partial charge in [0.15, 0.2) is 0 Å². The summed E-state index contributed by atoms with van der Waals surface area (Å²) >= 11 is 0. The smallest absolute Gasteiger partial charge is 0.214 e. The number of aromatic nitrogens is 2. The third-order valence-electron chi connectivity index (χ3n) is 2.06. The van der Waals surface area contributed by atoms with Crippen molar-refractivity contribution in [1.29, 1.82) is 0 Å². The summed E-state index contributed by atoms with van der Waals surface area (Å²) in [6.07, 6.45) is 1.31. The molecule has 0 bridgehead atoms. The van der Waals surface area contributed by atoms with E-state index in [0.29, 0.717) is 5.82 Å². The standard InChI is InChI=1S/C10H9BN2O/c1-7(11)8-2-4-9(5-3-8)10-12-6-14-13-10/h2-7H,1H3. The van der Waals surface area contributed by atoms with Crippen molar-refractivity contribution < 1.29 is 4.52 Å². The molecule has 2 aromatic rings. The lowest BCUT2D eigenvalue weighted by Crippen LogP contribution is -1.91. The van der Waals surface area contributed by atoms with E-state index >= 15 is 0 Å². The predicted octanol–water partition coefficient (Wildman–Crippen LogP) is 1.97. The van der Waals surface area contributed by atoms with E-state index < -0.39 is 0 Å². The largest absolute Gasteiger partial charge is 0.342 e. The van der Waals surface area contributed by atoms with Gasteiger partial charge in [-0.15, -0.1) is 0 Å². The molecule has 0 saturated heterocycles. The summed E-state index contributed by atoms with van der Waals surface area (Å²) in [6, 6.07) is 7.81. The first kappa shape index (κ1) is 9.00. The fraction of sp³-hybridized carbons (Fsp3) is 0.200. The van der Waals surface area contributed by atoms with Crippen LogP contribution in [-0.4, -0.2) is 18.0 Å². The Morgan fingerprint density at radius 2 is 2.00 bits per heavy atom. The molecule has 1 atom stereocenters. The molecule has 0 saturated carbocycles. The molecule has 0 N–H and O–H groups in total. The quantitative estimate of drug-likeness (QED) is 0.669. The minimum atomic E-state index is 0.0503. The summed E-state index contributed by atoms with van der Waals surface area (Å²) in [6.45, 7) is 1.95. The zero-order chi connectivity index (χ0) is 9.97. The minimum Gasteiger partial charge on any atom is -0.342 e. The molecular formula is C10H9BN2O. The van der Waals surface area contributed by atoms with Crippen LogP contribution in [0.3, 0.4) is 0 Å². The Labute approximate surface area is 83.6 Å². The Morgan fingerprint density at radius 3 is 2.50 bits per heavy atom. The van der Waals surface area contributed by atoms with Gasteiger partial charge in [-0.3, -0.25) is 0 Å². The Bertz CT molecular complexity index is 395. The van der Waals surface area contributed by atoms with Crippen molar-refractivity contribution in [3.63, 3.8) is 0 Å². The summed E-state index contributed by atoms with van der Waals surface area (Å²) in [5.74, 6) is 0.649. The van der Waals surface area contributed by atoms with Gasteiger partial charge >= 0.3 is 0 Å². The summed E-state index contributed by atoms with van der Waals surface area (Å²) in [4.78, 5) is 3.95. The second kappa shape index (κ2) is 3.66. The average molecular weight is 184 g/mol. The van der Waals surface area contributed by atoms with Gasteiger partial charge in [0.1, 0.15) is 0 Å². The number of hydrogen-bond acceptors (Lipinski definition) is 3. The molecule has 0 aliphatic heterocycles. The lowest BCUT2D eigenvalue weighted by atomic mass is 9.83. The van der Waals surface area contributed by atoms with Gasteiger partial charge in [-0.1, -0.05) is 47.7 Å². The van der Waals surface area contributed by atoms with E-state index in [1.165, 1.54) is 6.39 Å². The van der Waals surface area contributed by atoms with Gasteiger partial charge in [-0.2, -0.15) is 4.98 Å². The highest BCUT2D eigenvalue weighted by Crippen LogP contribution is 2.18. The van der Waals surface area contributed by atoms with E-state index in [1.54, 1.807) is 0 Å². The molecule has 2 rings (SSSR count). The molecule has 1 unspecified atom stereocenters. The van der Waals surface area contributed by atoms with Gasteiger partial charge in [0, 0.05) is 5.56 Å². The van der Waals surface area contributed by atoms with Crippen LogP contribution >= 0.6 is 0 Å². The van der Waals surface area contributed by atoms with E-state index in [2.05, 4.69) is 14.7 Å². The second-order valence-electron chi connectivity index (χ2n) is 3.17. The van der Waals surface area contributed by atoms with E-state index in [-0.39, 0.29) is 5.82 Å². The molecule has 0 amide bonds. The highest BCUT2D eigenvalue weighted by Gasteiger charge is 2.03. The molecule has 0 spiro atoms. The zero-order valence-electron chi connectivity index (χ0n) is 7.84. The first-order chi connectivity index (χ1) is 6.77. The molecule has 2 radical (unpaired) electrons. The summed E-state index contributed by atoms with van der Waals surface area (Å²) in [5.41, 5.74) is 2.03. The first-order valence-electron chi connectivity index (χ1n) is 4.39. The van der Waals surface area contributed by atoms with Crippen LogP contribution in [-0.2, 0) is 0 Å². The average Bonchev–Trinajstić information content (AvgIpc) is 2.71. The van der Waals surface area contributed by atoms with Crippen molar-refractivity contribution in [1.82, 2.24) is 10.1 Å². The van der Waals surface area contributed by atoms with E-state index in [4.69, 9.17) is 7.85 Å². The van der Waals surface area contributed by atoms with Crippen molar-refractivity contribution in [2.45, 2.75) is 12.7 Å². The molecule has 1 aromatic heterocycles. The molecule has 4 heteroatoms. The molecule has 0 aliphatic rings. The Hall–Kier alpha value is -1.58. The fourth-order valence-corrected chi connectivity index (χ4v) is 1.23. The topological polar surface area (TPSA) is 38.9 Å². The maximum Gasteiger partial charge on any atom is 0.214 e. The lowest BCUT2D eigenvalue weighted by molar-refractivity contribution is 0.419. The van der Waals surface area contributed by atoms with E-state index in [9.17, 15) is 0 Å². The van der Waals surface area contributed by atoms with Crippen molar-refractivity contribution in [3.8, 4) is 11.4 Å². The fourth-order valence-electron chi connectivity index (χ4n) is 1.23. The van der Waals surface area contributed by atoms with Gasteiger partial charge < -0.3 is 4.52 Å². The molecule has 3 nitrogen and oxygen atoms in total. The molecular weight excluding hydrogens is 175 g/mol. The van der Waals surface area contributed by atoms with Crippen LogP contribution in [0.5, 0.6) is 0 Å². The Kier molecular flexibility index (Phi) is 2.35. The van der Waals surface area contributed by atoms with Gasteiger partial charge in [0.2, 0.25) is 12.2 Å².